The number of hydrogen-bond donors (Lipinski definition) is 1. The number of fused-ring (bicyclic) bond motifs is 1. The fourth-order valence-corrected chi connectivity index (χ4v) is 2.94. The van der Waals surface area contributed by atoms with Gasteiger partial charge in [-0.25, -0.2) is 0 Å². The van der Waals surface area contributed by atoms with Gasteiger partial charge in [0.15, 0.2) is 11.5 Å². The zero-order valence-electron chi connectivity index (χ0n) is 13.5. The molecule has 1 fully saturated rings. The van der Waals surface area contributed by atoms with Crippen LogP contribution in [0.5, 0.6) is 11.5 Å². The minimum Gasteiger partial charge on any atom is -0.454 e. The van der Waals surface area contributed by atoms with E-state index in [4.69, 9.17) is 9.47 Å². The Morgan fingerprint density at radius 3 is 2.71 bits per heavy atom. The van der Waals surface area contributed by atoms with Crippen LogP contribution in [0.2, 0.25) is 0 Å². The van der Waals surface area contributed by atoms with Crippen LogP contribution in [0.1, 0.15) is 11.3 Å². The number of benzene rings is 1. The molecule has 0 aliphatic carbocycles. The molecule has 0 spiro atoms. The molecule has 0 bridgehead atoms. The van der Waals surface area contributed by atoms with Gasteiger partial charge < -0.3 is 14.4 Å². The van der Waals surface area contributed by atoms with Gasteiger partial charge in [0.05, 0.1) is 0 Å². The Kier molecular flexibility index (Phi) is 3.81. The second-order valence-electron chi connectivity index (χ2n) is 6.01. The molecule has 2 aliphatic rings. The van der Waals surface area contributed by atoms with E-state index in [2.05, 4.69) is 31.0 Å². The lowest BCUT2D eigenvalue weighted by molar-refractivity contribution is 0.174. The van der Waals surface area contributed by atoms with Crippen molar-refractivity contribution in [1.82, 2.24) is 20.1 Å². The third-order valence-corrected chi connectivity index (χ3v) is 4.36. The van der Waals surface area contributed by atoms with Crippen molar-refractivity contribution in [3.63, 3.8) is 0 Å². The first-order chi connectivity index (χ1) is 11.7. The molecule has 126 valence electrons. The quantitative estimate of drug-likeness (QED) is 0.879. The van der Waals surface area contributed by atoms with E-state index in [1.54, 1.807) is 6.92 Å². The van der Waals surface area contributed by atoms with E-state index in [-0.39, 0.29) is 5.56 Å². The first-order valence-corrected chi connectivity index (χ1v) is 7.98. The van der Waals surface area contributed by atoms with Crippen LogP contribution in [-0.2, 0) is 6.54 Å². The maximum atomic E-state index is 11.7. The molecular formula is C16H19N5O3. The molecule has 8 heteroatoms. The molecule has 0 amide bonds. The Balaban J connectivity index is 1.37. The van der Waals surface area contributed by atoms with E-state index in [0.717, 1.165) is 44.2 Å². The highest BCUT2D eigenvalue weighted by molar-refractivity contribution is 5.44. The number of aromatic nitrogens is 3. The van der Waals surface area contributed by atoms with Gasteiger partial charge in [0.1, 0.15) is 5.69 Å². The monoisotopic (exact) mass is 329 g/mol. The van der Waals surface area contributed by atoms with Crippen molar-refractivity contribution >= 4 is 5.95 Å². The van der Waals surface area contributed by atoms with Gasteiger partial charge >= 0.3 is 0 Å². The van der Waals surface area contributed by atoms with Crippen LogP contribution in [-0.4, -0.2) is 53.1 Å². The van der Waals surface area contributed by atoms with Crippen molar-refractivity contribution in [2.75, 3.05) is 37.9 Å². The molecule has 0 radical (unpaired) electrons. The van der Waals surface area contributed by atoms with Gasteiger partial charge in [-0.3, -0.25) is 14.7 Å². The molecule has 0 unspecified atom stereocenters. The van der Waals surface area contributed by atoms with E-state index in [0.29, 0.717) is 18.4 Å². The van der Waals surface area contributed by atoms with Crippen LogP contribution in [0, 0.1) is 6.92 Å². The minimum atomic E-state index is -0.178. The van der Waals surface area contributed by atoms with Gasteiger partial charge in [-0.2, -0.15) is 0 Å². The Labute approximate surface area is 139 Å². The van der Waals surface area contributed by atoms with Gasteiger partial charge in [0.2, 0.25) is 12.7 Å². The largest absolute Gasteiger partial charge is 0.454 e. The molecule has 2 aliphatic heterocycles. The molecule has 3 heterocycles. The summed E-state index contributed by atoms with van der Waals surface area (Å²) >= 11 is 0. The standard InChI is InChI=1S/C16H19N5O3/c1-11-15(22)17-16(19-18-11)21-6-4-20(5-7-21)9-12-2-3-13-14(8-12)24-10-23-13/h2-3,8H,4-7,9-10H2,1H3,(H,17,19,22). The van der Waals surface area contributed by atoms with E-state index >= 15 is 0 Å². The first-order valence-electron chi connectivity index (χ1n) is 7.98. The number of hydrogen-bond acceptors (Lipinski definition) is 7. The van der Waals surface area contributed by atoms with Crippen molar-refractivity contribution in [3.05, 3.63) is 39.8 Å². The average Bonchev–Trinajstić information content (AvgIpc) is 3.06. The Hall–Kier alpha value is -2.61. The van der Waals surface area contributed by atoms with Crippen molar-refractivity contribution in [3.8, 4) is 11.5 Å². The highest BCUT2D eigenvalue weighted by Crippen LogP contribution is 2.32. The van der Waals surface area contributed by atoms with Gasteiger partial charge in [-0.05, 0) is 24.6 Å². The predicted molar refractivity (Wildman–Crippen MR) is 87.4 cm³/mol. The van der Waals surface area contributed by atoms with Crippen LogP contribution in [0.3, 0.4) is 0 Å². The van der Waals surface area contributed by atoms with E-state index in [9.17, 15) is 4.79 Å². The van der Waals surface area contributed by atoms with Crippen molar-refractivity contribution in [2.24, 2.45) is 0 Å². The fraction of sp³-hybridized carbons (Fsp3) is 0.438. The summed E-state index contributed by atoms with van der Waals surface area (Å²) in [5.41, 5.74) is 1.42. The molecule has 1 aromatic heterocycles. The smallest absolute Gasteiger partial charge is 0.273 e. The molecule has 2 aromatic rings. The van der Waals surface area contributed by atoms with E-state index < -0.39 is 0 Å². The number of piperazine rings is 1. The first kappa shape index (κ1) is 14.9. The average molecular weight is 329 g/mol. The molecule has 24 heavy (non-hydrogen) atoms. The van der Waals surface area contributed by atoms with Crippen LogP contribution in [0.15, 0.2) is 23.0 Å². The van der Waals surface area contributed by atoms with Crippen LogP contribution < -0.4 is 19.9 Å². The summed E-state index contributed by atoms with van der Waals surface area (Å²) in [6.45, 7) is 6.21. The van der Waals surface area contributed by atoms with Crippen LogP contribution >= 0.6 is 0 Å². The van der Waals surface area contributed by atoms with Gasteiger partial charge in [0, 0.05) is 32.7 Å². The summed E-state index contributed by atoms with van der Waals surface area (Å²) in [6, 6.07) is 6.07. The summed E-state index contributed by atoms with van der Waals surface area (Å²) < 4.78 is 10.8. The number of aromatic amines is 1. The summed E-state index contributed by atoms with van der Waals surface area (Å²) in [5, 5.41) is 7.98. The summed E-state index contributed by atoms with van der Waals surface area (Å²) in [4.78, 5) is 18.9. The molecule has 1 saturated heterocycles. The lowest BCUT2D eigenvalue weighted by Crippen LogP contribution is -2.47. The maximum Gasteiger partial charge on any atom is 0.273 e. The lowest BCUT2D eigenvalue weighted by atomic mass is 10.1. The Morgan fingerprint density at radius 2 is 1.92 bits per heavy atom. The van der Waals surface area contributed by atoms with Crippen LogP contribution in [0.25, 0.3) is 0 Å². The number of rotatable bonds is 3. The normalized spacial score (nSPS) is 17.3. The molecular weight excluding hydrogens is 310 g/mol. The second kappa shape index (κ2) is 6.12. The summed E-state index contributed by atoms with van der Waals surface area (Å²) in [7, 11) is 0. The van der Waals surface area contributed by atoms with Crippen LogP contribution in [0.4, 0.5) is 5.95 Å². The SMILES string of the molecule is Cc1nnc(N2CCN(Cc3ccc4c(c3)OCO4)CC2)[nH]c1=O. The predicted octanol–water partition coefficient (Wildman–Crippen LogP) is 0.524. The van der Waals surface area contributed by atoms with E-state index in [1.807, 2.05) is 12.1 Å². The number of H-pyrrole nitrogens is 1. The summed E-state index contributed by atoms with van der Waals surface area (Å²) in [5.74, 6) is 2.18. The van der Waals surface area contributed by atoms with Gasteiger partial charge in [-0.1, -0.05) is 6.07 Å². The zero-order valence-corrected chi connectivity index (χ0v) is 13.5. The number of aryl methyl sites for hydroxylation is 1. The number of ether oxygens (including phenoxy) is 2. The third-order valence-electron chi connectivity index (χ3n) is 4.36. The zero-order chi connectivity index (χ0) is 16.5. The molecule has 8 nitrogen and oxygen atoms in total. The maximum absolute atomic E-state index is 11.7. The van der Waals surface area contributed by atoms with Gasteiger partial charge in [-0.15, -0.1) is 10.2 Å². The number of anilines is 1. The van der Waals surface area contributed by atoms with Crippen molar-refractivity contribution < 1.29 is 9.47 Å². The highest BCUT2D eigenvalue weighted by Gasteiger charge is 2.20. The third kappa shape index (κ3) is 2.92. The number of nitrogens with zero attached hydrogens (tertiary/aromatic N) is 4. The lowest BCUT2D eigenvalue weighted by Gasteiger charge is -2.34. The fourth-order valence-electron chi connectivity index (χ4n) is 2.94. The Morgan fingerprint density at radius 1 is 1.12 bits per heavy atom. The molecule has 1 N–H and O–H groups in total. The second-order valence-corrected chi connectivity index (χ2v) is 6.01. The molecule has 1 aromatic carbocycles. The van der Waals surface area contributed by atoms with Crippen molar-refractivity contribution in [1.29, 1.82) is 0 Å². The summed E-state index contributed by atoms with van der Waals surface area (Å²) in [6.07, 6.45) is 0. The van der Waals surface area contributed by atoms with Gasteiger partial charge in [0.25, 0.3) is 5.56 Å². The minimum absolute atomic E-state index is 0.178. The highest BCUT2D eigenvalue weighted by atomic mass is 16.7. The molecule has 0 atom stereocenters. The Bertz CT molecular complexity index is 799. The topological polar surface area (TPSA) is 83.6 Å². The number of nitrogens with one attached hydrogen (secondary N) is 1. The van der Waals surface area contributed by atoms with Crippen molar-refractivity contribution in [2.45, 2.75) is 13.5 Å². The van der Waals surface area contributed by atoms with E-state index in [1.165, 1.54) is 5.56 Å². The molecule has 0 saturated carbocycles. The molecule has 4 rings (SSSR count).